The Kier molecular flexibility index (Phi) is 3.76. The average molecular weight is 234 g/mol. The van der Waals surface area contributed by atoms with Gasteiger partial charge in [0.25, 0.3) is 0 Å². The lowest BCUT2D eigenvalue weighted by molar-refractivity contribution is 0.118. The molecule has 0 saturated heterocycles. The molecule has 2 atom stereocenters. The van der Waals surface area contributed by atoms with Crippen LogP contribution in [0.2, 0.25) is 0 Å². The van der Waals surface area contributed by atoms with Gasteiger partial charge in [-0.3, -0.25) is 5.21 Å². The first-order valence-corrected chi connectivity index (χ1v) is 5.83. The molecule has 0 amide bonds. The Morgan fingerprint density at radius 3 is 2.76 bits per heavy atom. The molecular weight excluding hydrogens is 216 g/mol. The molecule has 17 heavy (non-hydrogen) atoms. The molecule has 0 aliphatic heterocycles. The summed E-state index contributed by atoms with van der Waals surface area (Å²) in [6, 6.07) is 5.60. The number of ether oxygens (including phenoxy) is 1. The van der Waals surface area contributed by atoms with Crippen molar-refractivity contribution in [1.29, 1.82) is 0 Å². The van der Waals surface area contributed by atoms with E-state index < -0.39 is 0 Å². The third kappa shape index (κ3) is 2.84. The molecule has 0 radical (unpaired) electrons. The molecule has 1 aromatic heterocycles. The summed E-state index contributed by atoms with van der Waals surface area (Å²) < 4.78 is 5.24. The van der Waals surface area contributed by atoms with E-state index in [2.05, 4.69) is 4.98 Å². The Morgan fingerprint density at radius 1 is 1.35 bits per heavy atom. The predicted octanol–water partition coefficient (Wildman–Crippen LogP) is 2.32. The van der Waals surface area contributed by atoms with Crippen LogP contribution in [-0.2, 0) is 4.74 Å². The lowest BCUT2D eigenvalue weighted by Crippen LogP contribution is -2.34. The first-order valence-electron chi connectivity index (χ1n) is 5.83. The van der Waals surface area contributed by atoms with Crippen LogP contribution in [0.4, 0.5) is 5.82 Å². The third-order valence-electron chi connectivity index (χ3n) is 3.02. The third-order valence-corrected chi connectivity index (χ3v) is 3.02. The molecular formula is C13H18N2O2. The molecule has 1 aromatic rings. The monoisotopic (exact) mass is 234 g/mol. The number of aromatic nitrogens is 1. The van der Waals surface area contributed by atoms with E-state index in [-0.39, 0.29) is 12.1 Å². The van der Waals surface area contributed by atoms with E-state index in [1.807, 2.05) is 37.3 Å². The fraction of sp³-hybridized carbons (Fsp3) is 0.462. The van der Waals surface area contributed by atoms with Gasteiger partial charge in [-0.15, -0.1) is 0 Å². The molecule has 1 N–H and O–H groups in total. The molecule has 0 unspecified atom stereocenters. The maximum atomic E-state index is 10.1. The highest BCUT2D eigenvalue weighted by Gasteiger charge is 2.21. The molecule has 0 aromatic carbocycles. The Labute approximate surface area is 101 Å². The fourth-order valence-electron chi connectivity index (χ4n) is 2.01. The van der Waals surface area contributed by atoms with Gasteiger partial charge < -0.3 is 4.74 Å². The number of methoxy groups -OCH3 is 1. The summed E-state index contributed by atoms with van der Waals surface area (Å²) in [6.07, 6.45) is 5.92. The standard InChI is InChI=1S/C13H18N2O2/c1-10-4-3-5-13(14-10)15(16)11-6-8-12(17-2)9-7-11/h3-6,8,11-12,16H,7,9H2,1-2H3/t11-,12-/m0/s1. The van der Waals surface area contributed by atoms with Gasteiger partial charge in [0.2, 0.25) is 0 Å². The normalized spacial score (nSPS) is 23.7. The first-order chi connectivity index (χ1) is 8.20. The largest absolute Gasteiger partial charge is 0.377 e. The lowest BCUT2D eigenvalue weighted by atomic mass is 10.0. The molecule has 1 aliphatic rings. The summed E-state index contributed by atoms with van der Waals surface area (Å²) in [5.74, 6) is 0.593. The number of hydroxylamine groups is 1. The number of nitrogens with zero attached hydrogens (tertiary/aromatic N) is 2. The molecule has 4 nitrogen and oxygen atoms in total. The highest BCUT2D eigenvalue weighted by Crippen LogP contribution is 2.21. The van der Waals surface area contributed by atoms with Crippen LogP contribution in [0.5, 0.6) is 0 Å². The highest BCUT2D eigenvalue weighted by molar-refractivity contribution is 5.38. The fourth-order valence-corrected chi connectivity index (χ4v) is 2.01. The molecule has 0 fully saturated rings. The Hall–Kier alpha value is -1.39. The van der Waals surface area contributed by atoms with Crippen molar-refractivity contribution in [1.82, 2.24) is 4.98 Å². The van der Waals surface area contributed by atoms with Crippen LogP contribution in [0.15, 0.2) is 30.4 Å². The van der Waals surface area contributed by atoms with E-state index in [0.29, 0.717) is 5.82 Å². The molecule has 2 rings (SSSR count). The van der Waals surface area contributed by atoms with Crippen LogP contribution in [0.1, 0.15) is 18.5 Å². The van der Waals surface area contributed by atoms with Crippen LogP contribution >= 0.6 is 0 Å². The molecule has 92 valence electrons. The van der Waals surface area contributed by atoms with Gasteiger partial charge in [-0.2, -0.15) is 0 Å². The minimum Gasteiger partial charge on any atom is -0.377 e. The Bertz CT molecular complexity index is 406. The van der Waals surface area contributed by atoms with E-state index in [4.69, 9.17) is 4.74 Å². The second-order valence-electron chi connectivity index (χ2n) is 4.29. The van der Waals surface area contributed by atoms with Gasteiger partial charge in [-0.05, 0) is 31.9 Å². The quantitative estimate of drug-likeness (QED) is 0.644. The molecule has 4 heteroatoms. The summed E-state index contributed by atoms with van der Waals surface area (Å²) in [7, 11) is 1.70. The summed E-state index contributed by atoms with van der Waals surface area (Å²) in [6.45, 7) is 1.91. The van der Waals surface area contributed by atoms with E-state index >= 15 is 0 Å². The van der Waals surface area contributed by atoms with Crippen molar-refractivity contribution < 1.29 is 9.94 Å². The average Bonchev–Trinajstić information content (AvgIpc) is 2.38. The summed E-state index contributed by atoms with van der Waals surface area (Å²) in [4.78, 5) is 4.30. The van der Waals surface area contributed by atoms with Gasteiger partial charge >= 0.3 is 0 Å². The zero-order valence-electron chi connectivity index (χ0n) is 10.2. The maximum Gasteiger partial charge on any atom is 0.153 e. The second kappa shape index (κ2) is 5.29. The number of rotatable bonds is 3. The minimum atomic E-state index is -0.0179. The van der Waals surface area contributed by atoms with Crippen LogP contribution < -0.4 is 5.06 Å². The first kappa shape index (κ1) is 12.1. The van der Waals surface area contributed by atoms with Crippen molar-refractivity contribution in [2.24, 2.45) is 0 Å². The van der Waals surface area contributed by atoms with Gasteiger partial charge in [0, 0.05) is 12.8 Å². The molecule has 0 saturated carbocycles. The maximum absolute atomic E-state index is 10.1. The molecule has 1 aliphatic carbocycles. The predicted molar refractivity (Wildman–Crippen MR) is 66.2 cm³/mol. The minimum absolute atomic E-state index is 0.0179. The van der Waals surface area contributed by atoms with Crippen LogP contribution in [0, 0.1) is 6.92 Å². The second-order valence-corrected chi connectivity index (χ2v) is 4.29. The number of hydrogen-bond acceptors (Lipinski definition) is 4. The molecule has 0 bridgehead atoms. The van der Waals surface area contributed by atoms with Crippen molar-refractivity contribution in [2.45, 2.75) is 31.9 Å². The van der Waals surface area contributed by atoms with Crippen molar-refractivity contribution >= 4 is 5.82 Å². The van der Waals surface area contributed by atoms with Crippen molar-refractivity contribution in [2.75, 3.05) is 12.2 Å². The Morgan fingerprint density at radius 2 is 2.18 bits per heavy atom. The smallest absolute Gasteiger partial charge is 0.153 e. The highest BCUT2D eigenvalue weighted by atomic mass is 16.5. The van der Waals surface area contributed by atoms with Crippen molar-refractivity contribution in [3.63, 3.8) is 0 Å². The van der Waals surface area contributed by atoms with Crippen LogP contribution in [-0.4, -0.2) is 29.4 Å². The number of hydrogen-bond donors (Lipinski definition) is 1. The number of aryl methyl sites for hydroxylation is 1. The number of anilines is 1. The van der Waals surface area contributed by atoms with Gasteiger partial charge in [-0.25, -0.2) is 10.0 Å². The van der Waals surface area contributed by atoms with E-state index in [9.17, 15) is 5.21 Å². The summed E-state index contributed by atoms with van der Waals surface area (Å²) >= 11 is 0. The zero-order chi connectivity index (χ0) is 12.3. The summed E-state index contributed by atoms with van der Waals surface area (Å²) in [5, 5.41) is 11.3. The topological polar surface area (TPSA) is 45.6 Å². The summed E-state index contributed by atoms with van der Waals surface area (Å²) in [5.41, 5.74) is 0.899. The zero-order valence-corrected chi connectivity index (χ0v) is 10.2. The van der Waals surface area contributed by atoms with E-state index in [0.717, 1.165) is 18.5 Å². The Balaban J connectivity index is 2.08. The lowest BCUT2D eigenvalue weighted by Gasteiger charge is -2.28. The van der Waals surface area contributed by atoms with Gasteiger partial charge in [0.05, 0.1) is 12.1 Å². The van der Waals surface area contributed by atoms with Gasteiger partial charge in [0.1, 0.15) is 0 Å². The van der Waals surface area contributed by atoms with E-state index in [1.165, 1.54) is 5.06 Å². The van der Waals surface area contributed by atoms with Crippen molar-refractivity contribution in [3.8, 4) is 0 Å². The van der Waals surface area contributed by atoms with Gasteiger partial charge in [-0.1, -0.05) is 18.2 Å². The van der Waals surface area contributed by atoms with Crippen LogP contribution in [0.3, 0.4) is 0 Å². The van der Waals surface area contributed by atoms with Gasteiger partial charge in [0.15, 0.2) is 5.82 Å². The molecule has 1 heterocycles. The van der Waals surface area contributed by atoms with Crippen molar-refractivity contribution in [3.05, 3.63) is 36.0 Å². The van der Waals surface area contributed by atoms with Crippen LogP contribution in [0.25, 0.3) is 0 Å². The SMILES string of the molecule is CO[C@H]1C=C[C@H](N(O)c2cccc(C)n2)CC1. The van der Waals surface area contributed by atoms with E-state index in [1.54, 1.807) is 7.11 Å². The molecule has 0 spiro atoms. The number of pyridine rings is 1.